The maximum absolute atomic E-state index is 5.28. The molecule has 11 rings (SSSR count). The van der Waals surface area contributed by atoms with Crippen LogP contribution in [0.2, 0.25) is 0 Å². The van der Waals surface area contributed by atoms with E-state index in [1.54, 1.807) is 0 Å². The molecule has 0 N–H and O–H groups in total. The van der Waals surface area contributed by atoms with Gasteiger partial charge in [-0.2, -0.15) is 0 Å². The SMILES string of the molecule is C=C(N=C(N=C(C)n1c2ccccc2c2cc(-c3ccc4c(c3)C(=C)Cc3cc(-c5cccc6c5-c5ccccc5C6)ccc3-4)ccc21)C1C=CC=CC1)c1ccccc1. The Morgan fingerprint density at radius 1 is 0.567 bits per heavy atom. The number of nitrogens with zero attached hydrogens (tertiary/aromatic N) is 3. The first-order valence-corrected chi connectivity index (χ1v) is 20.9. The molecule has 3 nitrogen and oxygen atoms in total. The summed E-state index contributed by atoms with van der Waals surface area (Å²) in [5.41, 5.74) is 20.7. The minimum atomic E-state index is 0.0561. The Hall–Kier alpha value is -7.36. The fourth-order valence-electron chi connectivity index (χ4n) is 9.69. The zero-order valence-electron chi connectivity index (χ0n) is 33.7. The first kappa shape index (κ1) is 35.8. The van der Waals surface area contributed by atoms with E-state index < -0.39 is 0 Å². The summed E-state index contributed by atoms with van der Waals surface area (Å²) in [6.07, 6.45) is 11.2. The molecule has 286 valence electrons. The van der Waals surface area contributed by atoms with E-state index >= 15 is 0 Å². The van der Waals surface area contributed by atoms with Crippen molar-refractivity contribution in [3.63, 3.8) is 0 Å². The van der Waals surface area contributed by atoms with E-state index in [1.165, 1.54) is 77.5 Å². The van der Waals surface area contributed by atoms with Gasteiger partial charge in [-0.15, -0.1) is 0 Å². The fraction of sp³-hybridized carbons (Fsp3) is 0.0877. The Kier molecular flexibility index (Phi) is 8.63. The van der Waals surface area contributed by atoms with Gasteiger partial charge in [-0.05, 0) is 128 Å². The van der Waals surface area contributed by atoms with E-state index in [4.69, 9.17) is 9.98 Å². The highest BCUT2D eigenvalue weighted by molar-refractivity contribution is 6.16. The van der Waals surface area contributed by atoms with Gasteiger partial charge in [0.1, 0.15) is 11.7 Å². The summed E-state index contributed by atoms with van der Waals surface area (Å²) in [6.45, 7) is 11.1. The van der Waals surface area contributed by atoms with Crippen LogP contribution in [0.5, 0.6) is 0 Å². The monoisotopic (exact) mass is 769 g/mol. The number of aromatic nitrogens is 1. The van der Waals surface area contributed by atoms with E-state index in [9.17, 15) is 0 Å². The zero-order chi connectivity index (χ0) is 40.3. The maximum Gasteiger partial charge on any atom is 0.138 e. The number of hydrogen-bond donors (Lipinski definition) is 0. The van der Waals surface area contributed by atoms with Gasteiger partial charge >= 0.3 is 0 Å². The second-order valence-electron chi connectivity index (χ2n) is 16.3. The molecule has 1 heterocycles. The molecule has 0 saturated heterocycles. The predicted molar refractivity (Wildman–Crippen MR) is 255 cm³/mol. The standard InChI is InChI=1S/C57H43N3/c1-36-31-46-33-44(49-23-14-20-45-32-43-19-10-11-21-48(43)56(45)49)26-28-47(46)50-29-25-41(34-52(36)50)42-27-30-55-53(35-42)51-22-12-13-24-54(51)60(55)38(3)59-57(40-17-8-5-9-18-40)58-37(2)39-15-6-4-7-16-39/h4-17,19-30,33-35,40H,1-2,18,31-32H2,3H3. The Bertz CT molecular complexity index is 3220. The number of hydrogen-bond acceptors (Lipinski definition) is 1. The van der Waals surface area contributed by atoms with Crippen molar-refractivity contribution in [1.29, 1.82) is 0 Å². The van der Waals surface area contributed by atoms with Gasteiger partial charge in [0.25, 0.3) is 0 Å². The fourth-order valence-corrected chi connectivity index (χ4v) is 9.69. The normalized spacial score (nSPS) is 15.6. The number of amidine groups is 1. The van der Waals surface area contributed by atoms with Crippen molar-refractivity contribution in [3.05, 3.63) is 217 Å². The average molecular weight is 770 g/mol. The molecule has 1 atom stereocenters. The van der Waals surface area contributed by atoms with Crippen molar-refractivity contribution in [2.24, 2.45) is 15.9 Å². The molecule has 0 spiro atoms. The minimum Gasteiger partial charge on any atom is -0.297 e. The van der Waals surface area contributed by atoms with E-state index in [1.807, 2.05) is 30.3 Å². The predicted octanol–water partition coefficient (Wildman–Crippen LogP) is 14.4. The third kappa shape index (κ3) is 6.05. The highest BCUT2D eigenvalue weighted by Crippen LogP contribution is 2.46. The molecule has 0 aliphatic heterocycles. The molecule has 0 bridgehead atoms. The van der Waals surface area contributed by atoms with E-state index in [0.717, 1.165) is 53.1 Å². The second-order valence-corrected chi connectivity index (χ2v) is 16.3. The van der Waals surface area contributed by atoms with Crippen LogP contribution < -0.4 is 0 Å². The summed E-state index contributed by atoms with van der Waals surface area (Å²) in [4.78, 5) is 10.3. The second kappa shape index (κ2) is 14.5. The lowest BCUT2D eigenvalue weighted by atomic mass is 9.80. The number of rotatable bonds is 5. The Labute approximate surface area is 351 Å². The van der Waals surface area contributed by atoms with Crippen molar-refractivity contribution in [2.45, 2.75) is 26.2 Å². The van der Waals surface area contributed by atoms with Crippen LogP contribution >= 0.6 is 0 Å². The number of para-hydroxylation sites is 1. The van der Waals surface area contributed by atoms with E-state index in [-0.39, 0.29) is 5.92 Å². The molecule has 0 amide bonds. The first-order chi connectivity index (χ1) is 29.5. The van der Waals surface area contributed by atoms with Crippen molar-refractivity contribution < 1.29 is 0 Å². The quantitative estimate of drug-likeness (QED) is 0.123. The topological polar surface area (TPSA) is 29.6 Å². The molecule has 0 saturated carbocycles. The summed E-state index contributed by atoms with van der Waals surface area (Å²) in [7, 11) is 0. The third-order valence-corrected chi connectivity index (χ3v) is 12.6. The van der Waals surface area contributed by atoms with Crippen molar-refractivity contribution >= 4 is 44.7 Å². The molecule has 1 aromatic heterocycles. The number of allylic oxidation sites excluding steroid dienone is 4. The third-order valence-electron chi connectivity index (χ3n) is 12.6. The van der Waals surface area contributed by atoms with Gasteiger partial charge in [0.2, 0.25) is 0 Å². The Balaban J connectivity index is 0.953. The lowest BCUT2D eigenvalue weighted by Gasteiger charge is -2.24. The number of benzene rings is 7. The average Bonchev–Trinajstić information content (AvgIpc) is 3.85. The van der Waals surface area contributed by atoms with Gasteiger partial charge in [0.15, 0.2) is 0 Å². The highest BCUT2D eigenvalue weighted by Gasteiger charge is 2.25. The smallest absolute Gasteiger partial charge is 0.138 e. The van der Waals surface area contributed by atoms with Crippen LogP contribution in [0.15, 0.2) is 199 Å². The molecule has 3 heteroatoms. The Morgan fingerprint density at radius 3 is 2.18 bits per heavy atom. The van der Waals surface area contributed by atoms with Crippen LogP contribution in [0, 0.1) is 5.92 Å². The first-order valence-electron chi connectivity index (χ1n) is 20.9. The van der Waals surface area contributed by atoms with Gasteiger partial charge in [0, 0.05) is 16.7 Å². The summed E-state index contributed by atoms with van der Waals surface area (Å²) in [5, 5.41) is 2.38. The molecular formula is C57H43N3. The van der Waals surface area contributed by atoms with Gasteiger partial charge in [-0.3, -0.25) is 4.57 Å². The maximum atomic E-state index is 5.28. The molecule has 8 aromatic rings. The van der Waals surface area contributed by atoms with Crippen molar-refractivity contribution in [2.75, 3.05) is 0 Å². The summed E-state index contributed by atoms with van der Waals surface area (Å²) < 4.78 is 2.28. The molecule has 60 heavy (non-hydrogen) atoms. The van der Waals surface area contributed by atoms with Crippen LogP contribution in [-0.4, -0.2) is 16.2 Å². The molecule has 3 aliphatic rings. The summed E-state index contributed by atoms with van der Waals surface area (Å²) in [5.74, 6) is 1.68. The lowest BCUT2D eigenvalue weighted by Crippen LogP contribution is -2.16. The van der Waals surface area contributed by atoms with Crippen molar-refractivity contribution in [3.8, 4) is 44.5 Å². The van der Waals surface area contributed by atoms with Crippen LogP contribution in [0.4, 0.5) is 0 Å². The minimum absolute atomic E-state index is 0.0561. The van der Waals surface area contributed by atoms with Gasteiger partial charge < -0.3 is 0 Å². The molecule has 3 aliphatic carbocycles. The largest absolute Gasteiger partial charge is 0.297 e. The number of aliphatic imine (C=N–C) groups is 2. The lowest BCUT2D eigenvalue weighted by molar-refractivity contribution is 0.858. The van der Waals surface area contributed by atoms with Gasteiger partial charge in [0.05, 0.1) is 16.7 Å². The van der Waals surface area contributed by atoms with Gasteiger partial charge in [-0.25, -0.2) is 9.98 Å². The van der Waals surface area contributed by atoms with Crippen molar-refractivity contribution in [1.82, 2.24) is 4.57 Å². The Morgan fingerprint density at radius 2 is 1.30 bits per heavy atom. The zero-order valence-corrected chi connectivity index (χ0v) is 33.7. The summed E-state index contributed by atoms with van der Waals surface area (Å²) >= 11 is 0. The number of fused-ring (bicyclic) bond motifs is 9. The van der Waals surface area contributed by atoms with Crippen LogP contribution in [0.3, 0.4) is 0 Å². The molecule has 0 radical (unpaired) electrons. The molecule has 7 aromatic carbocycles. The van der Waals surface area contributed by atoms with Crippen LogP contribution in [0.1, 0.15) is 41.2 Å². The highest BCUT2D eigenvalue weighted by atomic mass is 15.1. The molecular weight excluding hydrogens is 727 g/mol. The summed E-state index contributed by atoms with van der Waals surface area (Å²) in [6, 6.07) is 55.2. The molecule has 1 unspecified atom stereocenters. The van der Waals surface area contributed by atoms with E-state index in [2.05, 4.69) is 170 Å². The van der Waals surface area contributed by atoms with Crippen LogP contribution in [-0.2, 0) is 12.8 Å². The van der Waals surface area contributed by atoms with E-state index in [0.29, 0.717) is 5.70 Å². The van der Waals surface area contributed by atoms with Crippen LogP contribution in [0.25, 0.3) is 77.6 Å². The molecule has 0 fully saturated rings. The van der Waals surface area contributed by atoms with Gasteiger partial charge in [-0.1, -0.05) is 165 Å².